The van der Waals surface area contributed by atoms with E-state index in [0.29, 0.717) is 13.0 Å². The van der Waals surface area contributed by atoms with Crippen LogP contribution in [-0.2, 0) is 15.0 Å². The standard InChI is InChI=1S/C23H29F2N5O4S/c1-13(33-5)10-34-18-9-27-17(8-28-18)20(31)29-14-6-15(19(25)16(24)7-14)23(3)11-22(2,12-32-4)35-21(26)30-23/h6-9,13H,10-12H2,1-5H3,(H2,26,30)(H,29,31)/t13?,22-,23+/m1/s1. The molecule has 35 heavy (non-hydrogen) atoms. The number of thioether (sulfide) groups is 1. The second-order valence-electron chi connectivity index (χ2n) is 8.76. The molecule has 0 fully saturated rings. The van der Waals surface area contributed by atoms with Crippen molar-refractivity contribution in [3.8, 4) is 5.88 Å². The highest BCUT2D eigenvalue weighted by Crippen LogP contribution is 2.46. The van der Waals surface area contributed by atoms with Gasteiger partial charge in [-0.05, 0) is 33.3 Å². The Morgan fingerprint density at radius 3 is 2.63 bits per heavy atom. The number of anilines is 1. The molecule has 3 N–H and O–H groups in total. The predicted octanol–water partition coefficient (Wildman–Crippen LogP) is 3.49. The van der Waals surface area contributed by atoms with Crippen molar-refractivity contribution < 1.29 is 27.8 Å². The van der Waals surface area contributed by atoms with Gasteiger partial charge in [-0.2, -0.15) is 0 Å². The molecule has 0 saturated heterocycles. The number of nitrogens with two attached hydrogens (primary N) is 1. The number of amidine groups is 1. The molecular formula is C23H29F2N5O4S. The van der Waals surface area contributed by atoms with Gasteiger partial charge in [0.1, 0.15) is 12.3 Å². The number of amides is 1. The molecule has 0 radical (unpaired) electrons. The maximum atomic E-state index is 15.0. The average molecular weight is 510 g/mol. The fourth-order valence-electron chi connectivity index (χ4n) is 3.89. The molecule has 2 heterocycles. The zero-order chi connectivity index (χ0) is 25.8. The minimum absolute atomic E-state index is 0.0273. The molecular weight excluding hydrogens is 480 g/mol. The Hall–Kier alpha value is -2.83. The monoisotopic (exact) mass is 509 g/mol. The zero-order valence-electron chi connectivity index (χ0n) is 20.2. The van der Waals surface area contributed by atoms with Crippen LogP contribution in [0.5, 0.6) is 5.88 Å². The summed E-state index contributed by atoms with van der Waals surface area (Å²) in [4.78, 5) is 25.2. The van der Waals surface area contributed by atoms with Crippen LogP contribution < -0.4 is 15.8 Å². The highest BCUT2D eigenvalue weighted by molar-refractivity contribution is 8.15. The normalized spacial score (nSPS) is 22.9. The fraction of sp³-hybridized carbons (Fsp3) is 0.478. The van der Waals surface area contributed by atoms with Gasteiger partial charge in [0.2, 0.25) is 5.88 Å². The lowest BCUT2D eigenvalue weighted by Gasteiger charge is -2.41. The van der Waals surface area contributed by atoms with Crippen molar-refractivity contribution in [1.29, 1.82) is 0 Å². The van der Waals surface area contributed by atoms with Crippen LogP contribution in [0.4, 0.5) is 14.5 Å². The quantitative estimate of drug-likeness (QED) is 0.527. The van der Waals surface area contributed by atoms with E-state index in [1.165, 1.54) is 30.2 Å². The molecule has 1 aromatic heterocycles. The van der Waals surface area contributed by atoms with Crippen LogP contribution in [0.25, 0.3) is 0 Å². The smallest absolute Gasteiger partial charge is 0.275 e. The van der Waals surface area contributed by atoms with Gasteiger partial charge < -0.3 is 25.3 Å². The molecule has 1 unspecified atom stereocenters. The number of ether oxygens (including phenoxy) is 3. The number of carbonyl (C=O) groups excluding carboxylic acids is 1. The van der Waals surface area contributed by atoms with E-state index >= 15 is 0 Å². The third-order valence-electron chi connectivity index (χ3n) is 5.47. The predicted molar refractivity (Wildman–Crippen MR) is 130 cm³/mol. The molecule has 1 amide bonds. The van der Waals surface area contributed by atoms with E-state index in [1.54, 1.807) is 21.1 Å². The van der Waals surface area contributed by atoms with Crippen LogP contribution in [0.3, 0.4) is 0 Å². The van der Waals surface area contributed by atoms with Gasteiger partial charge in [-0.25, -0.2) is 18.7 Å². The summed E-state index contributed by atoms with van der Waals surface area (Å²) in [6, 6.07) is 2.25. The summed E-state index contributed by atoms with van der Waals surface area (Å²) >= 11 is 1.32. The number of nitrogens with one attached hydrogen (secondary N) is 1. The van der Waals surface area contributed by atoms with Gasteiger partial charge in [0, 0.05) is 36.3 Å². The molecule has 0 saturated carbocycles. The number of carbonyl (C=O) groups is 1. The first-order valence-electron chi connectivity index (χ1n) is 10.8. The Morgan fingerprint density at radius 2 is 2.00 bits per heavy atom. The molecule has 9 nitrogen and oxygen atoms in total. The van der Waals surface area contributed by atoms with Crippen molar-refractivity contribution in [3.63, 3.8) is 0 Å². The summed E-state index contributed by atoms with van der Waals surface area (Å²) in [5, 5.41) is 2.78. The van der Waals surface area contributed by atoms with E-state index in [-0.39, 0.29) is 40.7 Å². The SMILES string of the molecule is COC[C@@]1(C)C[C@@](C)(c2cc(NC(=O)c3cnc(OCC(C)OC)cn3)cc(F)c2F)N=C(N)S1. The Labute approximate surface area is 206 Å². The fourth-order valence-corrected chi connectivity index (χ4v) is 5.17. The van der Waals surface area contributed by atoms with Crippen molar-refractivity contribution in [2.45, 2.75) is 43.6 Å². The van der Waals surface area contributed by atoms with Crippen molar-refractivity contribution >= 4 is 28.5 Å². The van der Waals surface area contributed by atoms with Crippen LogP contribution in [0.1, 0.15) is 43.2 Å². The van der Waals surface area contributed by atoms with Gasteiger partial charge >= 0.3 is 0 Å². The summed E-state index contributed by atoms with van der Waals surface area (Å²) in [5.74, 6) is -2.61. The third-order valence-corrected chi connectivity index (χ3v) is 6.53. The molecule has 2 aromatic rings. The molecule has 1 aliphatic heterocycles. The number of nitrogens with zero attached hydrogens (tertiary/aromatic N) is 3. The van der Waals surface area contributed by atoms with Crippen molar-refractivity contribution in [3.05, 3.63) is 47.4 Å². The highest BCUT2D eigenvalue weighted by atomic mass is 32.2. The van der Waals surface area contributed by atoms with Crippen LogP contribution in [0.2, 0.25) is 0 Å². The average Bonchev–Trinajstić information content (AvgIpc) is 2.78. The number of methoxy groups -OCH3 is 2. The summed E-state index contributed by atoms with van der Waals surface area (Å²) in [7, 11) is 3.12. The molecule has 3 atom stereocenters. The highest BCUT2D eigenvalue weighted by Gasteiger charge is 2.44. The minimum Gasteiger partial charge on any atom is -0.474 e. The number of aromatic nitrogens is 2. The number of halogens is 2. The second-order valence-corrected chi connectivity index (χ2v) is 10.4. The Kier molecular flexibility index (Phi) is 8.29. The van der Waals surface area contributed by atoms with Gasteiger partial charge in [-0.1, -0.05) is 11.8 Å². The Balaban J connectivity index is 1.83. The first-order valence-corrected chi connectivity index (χ1v) is 11.6. The lowest BCUT2D eigenvalue weighted by atomic mass is 9.83. The van der Waals surface area contributed by atoms with Gasteiger partial charge in [0.05, 0.1) is 30.6 Å². The van der Waals surface area contributed by atoms with Gasteiger partial charge in [-0.15, -0.1) is 0 Å². The van der Waals surface area contributed by atoms with Crippen LogP contribution >= 0.6 is 11.8 Å². The van der Waals surface area contributed by atoms with Crippen LogP contribution in [-0.4, -0.2) is 59.3 Å². The first-order chi connectivity index (χ1) is 16.5. The lowest BCUT2D eigenvalue weighted by Crippen LogP contribution is -2.43. The number of hydrogen-bond acceptors (Lipinski definition) is 9. The molecule has 1 aliphatic rings. The zero-order valence-corrected chi connectivity index (χ0v) is 21.0. The van der Waals surface area contributed by atoms with E-state index in [1.807, 2.05) is 13.8 Å². The van der Waals surface area contributed by atoms with Crippen LogP contribution in [0.15, 0.2) is 29.5 Å². The lowest BCUT2D eigenvalue weighted by molar-refractivity contribution is 0.0697. The van der Waals surface area contributed by atoms with Gasteiger partial charge in [0.15, 0.2) is 16.8 Å². The molecule has 0 spiro atoms. The van der Waals surface area contributed by atoms with Crippen molar-refractivity contribution in [2.24, 2.45) is 10.7 Å². The van der Waals surface area contributed by atoms with E-state index in [0.717, 1.165) is 6.07 Å². The molecule has 3 rings (SSSR count). The summed E-state index contributed by atoms with van der Waals surface area (Å²) in [6.07, 6.45) is 2.72. The molecule has 0 bridgehead atoms. The summed E-state index contributed by atoms with van der Waals surface area (Å²) in [5.41, 5.74) is 4.85. The number of rotatable bonds is 9. The molecule has 12 heteroatoms. The number of hydrogen-bond donors (Lipinski definition) is 2. The molecule has 190 valence electrons. The summed E-state index contributed by atoms with van der Waals surface area (Å²) in [6.45, 7) is 6.03. The van der Waals surface area contributed by atoms with E-state index in [4.69, 9.17) is 19.9 Å². The maximum absolute atomic E-state index is 15.0. The van der Waals surface area contributed by atoms with Crippen molar-refractivity contribution in [1.82, 2.24) is 9.97 Å². The van der Waals surface area contributed by atoms with Gasteiger partial charge in [0.25, 0.3) is 5.91 Å². The van der Waals surface area contributed by atoms with Gasteiger partial charge in [-0.3, -0.25) is 9.79 Å². The van der Waals surface area contributed by atoms with E-state index in [2.05, 4.69) is 20.3 Å². The van der Waals surface area contributed by atoms with E-state index in [9.17, 15) is 13.6 Å². The maximum Gasteiger partial charge on any atom is 0.275 e. The first kappa shape index (κ1) is 26.8. The summed E-state index contributed by atoms with van der Waals surface area (Å²) < 4.78 is 44.9. The Bertz CT molecular complexity index is 1100. The largest absolute Gasteiger partial charge is 0.474 e. The molecule has 1 aromatic carbocycles. The van der Waals surface area contributed by atoms with E-state index < -0.39 is 27.8 Å². The second kappa shape index (κ2) is 10.8. The topological polar surface area (TPSA) is 121 Å². The number of benzene rings is 1. The number of aliphatic imine (C=N–C) groups is 1. The minimum atomic E-state index is -1.17. The van der Waals surface area contributed by atoms with Crippen molar-refractivity contribution in [2.75, 3.05) is 32.8 Å². The Morgan fingerprint density at radius 1 is 1.26 bits per heavy atom. The van der Waals surface area contributed by atoms with Crippen LogP contribution in [0, 0.1) is 11.6 Å². The third kappa shape index (κ3) is 6.44. The molecule has 0 aliphatic carbocycles.